The Balaban J connectivity index is 1.91. The molecule has 1 heterocycles. The van der Waals surface area contributed by atoms with Gasteiger partial charge in [0.25, 0.3) is 0 Å². The van der Waals surface area contributed by atoms with Gasteiger partial charge in [-0.1, -0.05) is 0 Å². The maximum absolute atomic E-state index is 12.2. The molecule has 8 heteroatoms. The minimum Gasteiger partial charge on any atom is -0.493 e. The van der Waals surface area contributed by atoms with E-state index in [1.165, 1.54) is 38.5 Å². The van der Waals surface area contributed by atoms with Crippen LogP contribution in [0.25, 0.3) is 10.9 Å². The molecule has 0 amide bonds. The van der Waals surface area contributed by atoms with Crippen molar-refractivity contribution in [2.45, 2.75) is 6.36 Å². The fraction of sp³-hybridized carbons (Fsp3) is 0.167. The maximum atomic E-state index is 12.2. The summed E-state index contributed by atoms with van der Waals surface area (Å²) in [6.07, 6.45) is -3.18. The van der Waals surface area contributed by atoms with Crippen molar-refractivity contribution in [3.05, 3.63) is 48.7 Å². The van der Waals surface area contributed by atoms with Crippen molar-refractivity contribution >= 4 is 10.9 Å². The molecule has 3 rings (SSSR count). The third-order valence-electron chi connectivity index (χ3n) is 3.49. The molecule has 0 aliphatic carbocycles. The molecule has 0 saturated carbocycles. The molecule has 0 bridgehead atoms. The van der Waals surface area contributed by atoms with Gasteiger partial charge in [0.05, 0.1) is 19.7 Å². The van der Waals surface area contributed by atoms with Gasteiger partial charge in [-0.2, -0.15) is 0 Å². The smallest absolute Gasteiger partial charge is 0.493 e. The molecule has 0 aliphatic heterocycles. The number of rotatable bonds is 5. The van der Waals surface area contributed by atoms with Crippen molar-refractivity contribution in [3.63, 3.8) is 0 Å². The zero-order valence-electron chi connectivity index (χ0n) is 13.8. The third-order valence-corrected chi connectivity index (χ3v) is 3.49. The fourth-order valence-corrected chi connectivity index (χ4v) is 2.37. The van der Waals surface area contributed by atoms with Gasteiger partial charge in [0, 0.05) is 17.6 Å². The lowest BCUT2D eigenvalue weighted by molar-refractivity contribution is -0.274. The monoisotopic (exact) mass is 365 g/mol. The van der Waals surface area contributed by atoms with Crippen LogP contribution in [0.2, 0.25) is 0 Å². The summed E-state index contributed by atoms with van der Waals surface area (Å²) in [5, 5.41) is 0.667. The van der Waals surface area contributed by atoms with E-state index in [1.54, 1.807) is 24.4 Å². The number of hydrogen-bond acceptors (Lipinski definition) is 5. The molecule has 0 fully saturated rings. The van der Waals surface area contributed by atoms with E-state index in [2.05, 4.69) is 9.72 Å². The number of aromatic nitrogens is 1. The number of halogens is 3. The Morgan fingerprint density at radius 2 is 1.42 bits per heavy atom. The second-order valence-electron chi connectivity index (χ2n) is 5.15. The van der Waals surface area contributed by atoms with Crippen molar-refractivity contribution in [1.82, 2.24) is 4.98 Å². The molecule has 136 valence electrons. The topological polar surface area (TPSA) is 49.8 Å². The van der Waals surface area contributed by atoms with Gasteiger partial charge in [-0.3, -0.25) is 4.98 Å². The largest absolute Gasteiger partial charge is 0.573 e. The Hall–Kier alpha value is -3.16. The highest BCUT2D eigenvalue weighted by Crippen LogP contribution is 2.37. The van der Waals surface area contributed by atoms with Crippen LogP contribution < -0.4 is 18.9 Å². The number of hydrogen-bond donors (Lipinski definition) is 0. The van der Waals surface area contributed by atoms with Gasteiger partial charge in [0.1, 0.15) is 17.2 Å². The van der Waals surface area contributed by atoms with Crippen LogP contribution in [-0.4, -0.2) is 25.6 Å². The van der Waals surface area contributed by atoms with Crippen LogP contribution in [0.3, 0.4) is 0 Å². The molecule has 26 heavy (non-hydrogen) atoms. The molecule has 0 saturated heterocycles. The summed E-state index contributed by atoms with van der Waals surface area (Å²) in [5.41, 5.74) is 0.622. The van der Waals surface area contributed by atoms with Crippen LogP contribution in [0.15, 0.2) is 48.7 Å². The molecular formula is C18H14F3NO4. The number of fused-ring (bicyclic) bond motifs is 1. The standard InChI is InChI=1S/C18H14F3NO4/c1-23-16-9-13-14(10-17(16)24-2)22-8-7-15(13)25-11-3-5-12(6-4-11)26-18(19,20)21/h3-10H,1-2H3. The van der Waals surface area contributed by atoms with Crippen LogP contribution in [0.1, 0.15) is 0 Å². The minimum absolute atomic E-state index is 0.323. The molecule has 2 aromatic carbocycles. The maximum Gasteiger partial charge on any atom is 0.573 e. The van der Waals surface area contributed by atoms with Crippen molar-refractivity contribution in [3.8, 4) is 28.7 Å². The van der Waals surface area contributed by atoms with Gasteiger partial charge in [0.15, 0.2) is 11.5 Å². The number of benzene rings is 2. The molecule has 0 radical (unpaired) electrons. The quantitative estimate of drug-likeness (QED) is 0.641. The molecule has 1 aromatic heterocycles. The van der Waals surface area contributed by atoms with E-state index in [0.29, 0.717) is 33.9 Å². The van der Waals surface area contributed by atoms with Crippen molar-refractivity contribution in [2.75, 3.05) is 14.2 Å². The summed E-state index contributed by atoms with van der Waals surface area (Å²) in [5.74, 6) is 1.53. The minimum atomic E-state index is -4.74. The van der Waals surface area contributed by atoms with Crippen molar-refractivity contribution in [2.24, 2.45) is 0 Å². The zero-order valence-corrected chi connectivity index (χ0v) is 13.8. The normalized spacial score (nSPS) is 11.3. The zero-order chi connectivity index (χ0) is 18.7. The first-order chi connectivity index (χ1) is 12.4. The summed E-state index contributed by atoms with van der Waals surface area (Å²) >= 11 is 0. The summed E-state index contributed by atoms with van der Waals surface area (Å²) in [6.45, 7) is 0. The van der Waals surface area contributed by atoms with E-state index < -0.39 is 6.36 Å². The second kappa shape index (κ2) is 6.99. The highest BCUT2D eigenvalue weighted by Gasteiger charge is 2.31. The highest BCUT2D eigenvalue weighted by atomic mass is 19.4. The lowest BCUT2D eigenvalue weighted by Crippen LogP contribution is -2.16. The van der Waals surface area contributed by atoms with E-state index in [0.717, 1.165) is 0 Å². The number of ether oxygens (including phenoxy) is 4. The highest BCUT2D eigenvalue weighted by molar-refractivity contribution is 5.88. The van der Waals surface area contributed by atoms with E-state index in [1.807, 2.05) is 0 Å². The first kappa shape index (κ1) is 17.7. The lowest BCUT2D eigenvalue weighted by atomic mass is 10.2. The number of nitrogens with zero attached hydrogens (tertiary/aromatic N) is 1. The van der Waals surface area contributed by atoms with Gasteiger partial charge < -0.3 is 18.9 Å². The summed E-state index contributed by atoms with van der Waals surface area (Å²) in [6, 6.07) is 10.2. The van der Waals surface area contributed by atoms with Gasteiger partial charge >= 0.3 is 6.36 Å². The molecule has 3 aromatic rings. The van der Waals surface area contributed by atoms with E-state index in [-0.39, 0.29) is 5.75 Å². The Morgan fingerprint density at radius 1 is 0.808 bits per heavy atom. The average molecular weight is 365 g/mol. The summed E-state index contributed by atoms with van der Waals surface area (Å²) in [4.78, 5) is 4.26. The molecule has 5 nitrogen and oxygen atoms in total. The Morgan fingerprint density at radius 3 is 2.04 bits per heavy atom. The number of methoxy groups -OCH3 is 2. The van der Waals surface area contributed by atoms with Crippen LogP contribution in [0.4, 0.5) is 13.2 Å². The first-order valence-corrected chi connectivity index (χ1v) is 7.44. The molecule has 0 atom stereocenters. The molecule has 0 N–H and O–H groups in total. The lowest BCUT2D eigenvalue weighted by Gasteiger charge is -2.13. The van der Waals surface area contributed by atoms with Gasteiger partial charge in [-0.25, -0.2) is 0 Å². The van der Waals surface area contributed by atoms with Crippen LogP contribution in [0.5, 0.6) is 28.7 Å². The van der Waals surface area contributed by atoms with Crippen LogP contribution in [0, 0.1) is 0 Å². The van der Waals surface area contributed by atoms with E-state index >= 15 is 0 Å². The third kappa shape index (κ3) is 3.90. The van der Waals surface area contributed by atoms with Crippen LogP contribution in [-0.2, 0) is 0 Å². The van der Waals surface area contributed by atoms with Gasteiger partial charge in [-0.05, 0) is 36.4 Å². The molecule has 0 unspecified atom stereocenters. The average Bonchev–Trinajstić information content (AvgIpc) is 2.61. The summed E-state index contributed by atoms with van der Waals surface area (Å²) < 4.78 is 56.8. The first-order valence-electron chi connectivity index (χ1n) is 7.44. The number of alkyl halides is 3. The molecule has 0 spiro atoms. The van der Waals surface area contributed by atoms with E-state index in [9.17, 15) is 13.2 Å². The Bertz CT molecular complexity index is 911. The summed E-state index contributed by atoms with van der Waals surface area (Å²) in [7, 11) is 3.04. The predicted molar refractivity (Wildman–Crippen MR) is 88.0 cm³/mol. The number of pyridine rings is 1. The van der Waals surface area contributed by atoms with Gasteiger partial charge in [-0.15, -0.1) is 13.2 Å². The van der Waals surface area contributed by atoms with Crippen LogP contribution >= 0.6 is 0 Å². The SMILES string of the molecule is COc1cc2nccc(Oc3ccc(OC(F)(F)F)cc3)c2cc1OC. The Labute approximate surface area is 146 Å². The molecular weight excluding hydrogens is 351 g/mol. The Kier molecular flexibility index (Phi) is 4.75. The van der Waals surface area contributed by atoms with E-state index in [4.69, 9.17) is 14.2 Å². The predicted octanol–water partition coefficient (Wildman–Crippen LogP) is 4.94. The van der Waals surface area contributed by atoms with Crippen molar-refractivity contribution in [1.29, 1.82) is 0 Å². The van der Waals surface area contributed by atoms with Crippen molar-refractivity contribution < 1.29 is 32.1 Å². The second-order valence-corrected chi connectivity index (χ2v) is 5.15. The van der Waals surface area contributed by atoms with Gasteiger partial charge in [0.2, 0.25) is 0 Å². The fourth-order valence-electron chi connectivity index (χ4n) is 2.37. The molecule has 0 aliphatic rings.